The molecule has 34 heavy (non-hydrogen) atoms. The second-order valence-electron chi connectivity index (χ2n) is 10.4. The van der Waals surface area contributed by atoms with E-state index < -0.39 is 10.0 Å². The summed E-state index contributed by atoms with van der Waals surface area (Å²) in [6.07, 6.45) is 11.1. The van der Waals surface area contributed by atoms with Crippen LogP contribution in [-0.4, -0.2) is 66.4 Å². The van der Waals surface area contributed by atoms with Crippen molar-refractivity contribution in [3.63, 3.8) is 0 Å². The number of rotatable bonds is 5. The highest BCUT2D eigenvalue weighted by Crippen LogP contribution is 2.47. The standard InChI is InChI=1S/C24H31N5O4S/c1-24(7-8-24)22-26-23(27-33-22)28-9-3-17(4-10-28)20-14-18-13-19(25-15-21(18)32-20)16-5-11-29(12-6-16)34(2,30)31/h5,13,15,17,20H,3-4,6-12,14H2,1-2H3. The van der Waals surface area contributed by atoms with Gasteiger partial charge in [0.25, 0.3) is 5.95 Å². The van der Waals surface area contributed by atoms with Crippen LogP contribution in [0.3, 0.4) is 0 Å². The zero-order valence-corrected chi connectivity index (χ0v) is 20.6. The molecule has 1 atom stereocenters. The molecule has 0 amide bonds. The van der Waals surface area contributed by atoms with Crippen LogP contribution in [0.2, 0.25) is 0 Å². The fourth-order valence-corrected chi connectivity index (χ4v) is 6.02. The average Bonchev–Trinajstić information content (AvgIpc) is 3.25. The van der Waals surface area contributed by atoms with Gasteiger partial charge in [0.15, 0.2) is 0 Å². The number of pyridine rings is 1. The van der Waals surface area contributed by atoms with E-state index in [0.29, 0.717) is 25.4 Å². The molecule has 0 aromatic carbocycles. The smallest absolute Gasteiger partial charge is 0.266 e. The zero-order valence-electron chi connectivity index (χ0n) is 19.7. The molecule has 6 rings (SSSR count). The molecular formula is C24H31N5O4S. The van der Waals surface area contributed by atoms with Crippen molar-refractivity contribution in [2.75, 3.05) is 37.3 Å². The Morgan fingerprint density at radius 2 is 1.97 bits per heavy atom. The molecule has 1 aliphatic carbocycles. The minimum Gasteiger partial charge on any atom is -0.488 e. The van der Waals surface area contributed by atoms with Crippen molar-refractivity contribution < 1.29 is 17.7 Å². The molecule has 2 aromatic heterocycles. The summed E-state index contributed by atoms with van der Waals surface area (Å²) in [5.41, 5.74) is 3.34. The predicted octanol–water partition coefficient (Wildman–Crippen LogP) is 2.78. The molecule has 1 saturated heterocycles. The largest absolute Gasteiger partial charge is 0.488 e. The third-order valence-corrected chi connectivity index (χ3v) is 9.17. The van der Waals surface area contributed by atoms with Crippen LogP contribution in [0.15, 0.2) is 22.9 Å². The highest BCUT2D eigenvalue weighted by Gasteiger charge is 2.45. The second kappa shape index (κ2) is 8.05. The van der Waals surface area contributed by atoms with Crippen LogP contribution < -0.4 is 9.64 Å². The summed E-state index contributed by atoms with van der Waals surface area (Å²) in [6, 6.07) is 2.13. The lowest BCUT2D eigenvalue weighted by Gasteiger charge is -2.33. The first-order chi connectivity index (χ1) is 16.3. The van der Waals surface area contributed by atoms with Crippen LogP contribution in [0.1, 0.15) is 56.2 Å². The molecule has 5 heterocycles. The summed E-state index contributed by atoms with van der Waals surface area (Å²) in [4.78, 5) is 11.5. The van der Waals surface area contributed by atoms with Gasteiger partial charge in [-0.3, -0.25) is 4.98 Å². The van der Waals surface area contributed by atoms with E-state index in [2.05, 4.69) is 33.0 Å². The molecule has 0 bridgehead atoms. The lowest BCUT2D eigenvalue weighted by atomic mass is 9.89. The van der Waals surface area contributed by atoms with Gasteiger partial charge in [0, 0.05) is 43.6 Å². The molecule has 1 unspecified atom stereocenters. The summed E-state index contributed by atoms with van der Waals surface area (Å²) in [5, 5.41) is 4.23. The van der Waals surface area contributed by atoms with Crippen LogP contribution in [0.4, 0.5) is 5.95 Å². The molecule has 2 fully saturated rings. The van der Waals surface area contributed by atoms with Crippen molar-refractivity contribution in [3.05, 3.63) is 35.5 Å². The van der Waals surface area contributed by atoms with E-state index in [-0.39, 0.29) is 11.5 Å². The van der Waals surface area contributed by atoms with Gasteiger partial charge in [-0.2, -0.15) is 9.29 Å². The van der Waals surface area contributed by atoms with Crippen LogP contribution in [-0.2, 0) is 21.9 Å². The Morgan fingerprint density at radius 1 is 1.18 bits per heavy atom. The number of piperidine rings is 1. The first-order valence-corrected chi connectivity index (χ1v) is 14.0. The van der Waals surface area contributed by atoms with Crippen molar-refractivity contribution in [2.45, 2.75) is 57.0 Å². The number of aromatic nitrogens is 3. The number of sulfonamides is 1. The van der Waals surface area contributed by atoms with E-state index in [1.165, 1.54) is 16.1 Å². The topological polar surface area (TPSA) is 102 Å². The van der Waals surface area contributed by atoms with Gasteiger partial charge in [-0.1, -0.05) is 13.0 Å². The minimum atomic E-state index is -3.15. The van der Waals surface area contributed by atoms with Crippen molar-refractivity contribution in [1.82, 2.24) is 19.4 Å². The molecular weight excluding hydrogens is 454 g/mol. The van der Waals surface area contributed by atoms with Crippen LogP contribution in [0, 0.1) is 5.92 Å². The Balaban J connectivity index is 1.07. The van der Waals surface area contributed by atoms with Crippen LogP contribution in [0.25, 0.3) is 5.57 Å². The SMILES string of the molecule is CC1(c2nc(N3CCC(C4Cc5cc(C6=CCN(S(C)(=O)=O)CC6)ncc5O4)CC3)no2)CC1. The van der Waals surface area contributed by atoms with E-state index >= 15 is 0 Å². The number of nitrogens with zero attached hydrogens (tertiary/aromatic N) is 5. The van der Waals surface area contributed by atoms with Gasteiger partial charge in [-0.25, -0.2) is 8.42 Å². The summed E-state index contributed by atoms with van der Waals surface area (Å²) >= 11 is 0. The van der Waals surface area contributed by atoms with Crippen molar-refractivity contribution in [3.8, 4) is 5.75 Å². The molecule has 10 heteroatoms. The molecule has 4 aliphatic rings. The zero-order chi connectivity index (χ0) is 23.5. The van der Waals surface area contributed by atoms with Crippen LogP contribution in [0.5, 0.6) is 5.75 Å². The van der Waals surface area contributed by atoms with Gasteiger partial charge in [0.2, 0.25) is 15.9 Å². The quantitative estimate of drug-likeness (QED) is 0.637. The lowest BCUT2D eigenvalue weighted by molar-refractivity contribution is 0.138. The maximum Gasteiger partial charge on any atom is 0.266 e. The Hall–Kier alpha value is -2.46. The summed E-state index contributed by atoms with van der Waals surface area (Å²) in [6.45, 7) is 4.91. The summed E-state index contributed by atoms with van der Waals surface area (Å²) in [5.74, 6) is 2.86. The molecule has 1 saturated carbocycles. The average molecular weight is 486 g/mol. The maximum absolute atomic E-state index is 11.8. The molecule has 9 nitrogen and oxygen atoms in total. The van der Waals surface area contributed by atoms with E-state index in [4.69, 9.17) is 9.26 Å². The second-order valence-corrected chi connectivity index (χ2v) is 12.4. The lowest BCUT2D eigenvalue weighted by Crippen LogP contribution is -2.39. The predicted molar refractivity (Wildman–Crippen MR) is 127 cm³/mol. The molecule has 0 N–H and O–H groups in total. The van der Waals surface area contributed by atoms with Gasteiger partial charge in [0.05, 0.1) is 18.1 Å². The van der Waals surface area contributed by atoms with Gasteiger partial charge >= 0.3 is 0 Å². The molecule has 0 spiro atoms. The minimum absolute atomic E-state index is 0.0979. The molecule has 3 aliphatic heterocycles. The number of fused-ring (bicyclic) bond motifs is 1. The molecule has 2 aromatic rings. The third kappa shape index (κ3) is 4.11. The van der Waals surface area contributed by atoms with E-state index in [0.717, 1.165) is 74.0 Å². The van der Waals surface area contributed by atoms with E-state index in [1.54, 1.807) is 0 Å². The molecule has 0 radical (unpaired) electrons. The van der Waals surface area contributed by atoms with Crippen molar-refractivity contribution in [2.24, 2.45) is 5.92 Å². The first kappa shape index (κ1) is 22.0. The fraction of sp³-hybridized carbons (Fsp3) is 0.625. The van der Waals surface area contributed by atoms with Gasteiger partial charge in [-0.05, 0) is 54.8 Å². The maximum atomic E-state index is 11.8. The van der Waals surface area contributed by atoms with Crippen LogP contribution >= 0.6 is 0 Å². The Labute approximate surface area is 200 Å². The highest BCUT2D eigenvalue weighted by atomic mass is 32.2. The Morgan fingerprint density at radius 3 is 2.65 bits per heavy atom. The Kier molecular flexibility index (Phi) is 5.22. The monoisotopic (exact) mass is 485 g/mol. The van der Waals surface area contributed by atoms with Crippen molar-refractivity contribution >= 4 is 21.5 Å². The highest BCUT2D eigenvalue weighted by molar-refractivity contribution is 7.88. The number of anilines is 1. The normalized spacial score (nSPS) is 25.1. The van der Waals surface area contributed by atoms with Gasteiger partial charge in [-0.15, -0.1) is 0 Å². The fourth-order valence-electron chi connectivity index (χ4n) is 5.26. The van der Waals surface area contributed by atoms with E-state index in [1.807, 2.05) is 12.3 Å². The molecule has 182 valence electrons. The Bertz CT molecular complexity index is 1230. The van der Waals surface area contributed by atoms with Crippen molar-refractivity contribution in [1.29, 1.82) is 0 Å². The summed E-state index contributed by atoms with van der Waals surface area (Å²) < 4.78 is 36.9. The number of hydrogen-bond donors (Lipinski definition) is 0. The number of hydrogen-bond acceptors (Lipinski definition) is 8. The van der Waals surface area contributed by atoms with Gasteiger partial charge in [0.1, 0.15) is 11.9 Å². The first-order valence-electron chi connectivity index (χ1n) is 12.2. The number of ether oxygens (including phenoxy) is 1. The third-order valence-electron chi connectivity index (χ3n) is 7.90. The summed E-state index contributed by atoms with van der Waals surface area (Å²) in [7, 11) is -3.15. The van der Waals surface area contributed by atoms with E-state index in [9.17, 15) is 8.42 Å². The van der Waals surface area contributed by atoms with Gasteiger partial charge < -0.3 is 14.2 Å².